The summed E-state index contributed by atoms with van der Waals surface area (Å²) in [6, 6.07) is 0. The molecule has 2 N–H and O–H groups in total. The van der Waals surface area contributed by atoms with Gasteiger partial charge in [-0.1, -0.05) is 0 Å². The molecule has 2 fully saturated rings. The molecule has 0 spiro atoms. The second-order valence-electron chi connectivity index (χ2n) is 28.7. The minimum Gasteiger partial charge on any atom is -0.459 e. The maximum atomic E-state index is 13.4. The van der Waals surface area contributed by atoms with Crippen molar-refractivity contribution in [1.82, 2.24) is 49.8 Å². The molecule has 88 heavy (non-hydrogen) atoms. The first-order chi connectivity index (χ1) is 40.6. The third-order valence-electron chi connectivity index (χ3n) is 12.7. The van der Waals surface area contributed by atoms with E-state index in [9.17, 15) is 38.4 Å². The minimum absolute atomic E-state index is 0.0135. The van der Waals surface area contributed by atoms with E-state index in [1.165, 1.54) is 0 Å². The number of hydrogen-bond donors (Lipinski definition) is 2. The number of rotatable bonds is 25. The Balaban J connectivity index is 2.03. The molecular formula is C62H116N10O16. The zero-order chi connectivity index (χ0) is 66.5. The highest BCUT2D eigenvalue weighted by Gasteiger charge is 2.29. The van der Waals surface area contributed by atoms with E-state index in [1.807, 2.05) is 164 Å². The van der Waals surface area contributed by atoms with Gasteiger partial charge in [-0.15, -0.1) is 0 Å². The van der Waals surface area contributed by atoms with Crippen molar-refractivity contribution in [3.8, 4) is 0 Å². The van der Waals surface area contributed by atoms with Crippen LogP contribution < -0.4 is 10.6 Å². The van der Waals surface area contributed by atoms with Gasteiger partial charge in [0.25, 0.3) is 0 Å². The van der Waals surface area contributed by atoms with E-state index in [4.69, 9.17) is 37.9 Å². The summed E-state index contributed by atoms with van der Waals surface area (Å²) in [5, 5.41) is 5.87. The van der Waals surface area contributed by atoms with Crippen LogP contribution in [0.1, 0.15) is 125 Å². The standard InChI is InChI=1S/C62H116N10O16/c1-57(2,3)83-51(75)43-67-25-21-65(22-26-68(44-52(76)84-58(4,5)6)30-34-71(33-29-67)47-55(79)87-61(13,14)15)41-49(73)63-19-37-81-39-40-82-38-20-64-50(74)42-66-23-27-69(45-53(77)85-59(7,8)9)31-35-72(48-56(80)88-62(16,17)18)36-32-70(28-24-66)46-54(78)86-60(10,11)12/h19-48H2,1-18H3,(H,63,73)(H,64,74). The van der Waals surface area contributed by atoms with Crippen molar-refractivity contribution in [3.63, 3.8) is 0 Å². The summed E-state index contributed by atoms with van der Waals surface area (Å²) in [6.07, 6.45) is 0. The molecule has 0 radical (unpaired) electrons. The molecule has 0 saturated carbocycles. The van der Waals surface area contributed by atoms with Crippen LogP contribution in [-0.2, 0) is 76.3 Å². The lowest BCUT2D eigenvalue weighted by Gasteiger charge is -2.34. The maximum absolute atomic E-state index is 13.4. The number of hydrogen-bond acceptors (Lipinski definition) is 24. The van der Waals surface area contributed by atoms with Gasteiger partial charge in [-0.05, 0) is 125 Å². The van der Waals surface area contributed by atoms with Crippen LogP contribution in [0.15, 0.2) is 0 Å². The number of amides is 2. The van der Waals surface area contributed by atoms with Crippen LogP contribution in [-0.4, -0.2) is 317 Å². The first kappa shape index (κ1) is 79.5. The predicted octanol–water partition coefficient (Wildman–Crippen LogP) is 1.75. The number of esters is 6. The number of carbonyl (C=O) groups is 8. The average molecular weight is 1260 g/mol. The van der Waals surface area contributed by atoms with Crippen molar-refractivity contribution in [3.05, 3.63) is 0 Å². The van der Waals surface area contributed by atoms with Crippen LogP contribution in [0.5, 0.6) is 0 Å². The average Bonchev–Trinajstić information content (AvgIpc) is 3.34. The number of carbonyl (C=O) groups excluding carboxylic acids is 8. The molecule has 0 aromatic heterocycles. The molecule has 0 bridgehead atoms. The van der Waals surface area contributed by atoms with E-state index < -0.39 is 33.6 Å². The molecular weight excluding hydrogens is 1140 g/mol. The largest absolute Gasteiger partial charge is 0.459 e. The van der Waals surface area contributed by atoms with Crippen LogP contribution in [0.2, 0.25) is 0 Å². The Morgan fingerprint density at radius 1 is 0.250 bits per heavy atom. The molecule has 2 aliphatic rings. The summed E-state index contributed by atoms with van der Waals surface area (Å²) in [5.41, 5.74) is -4.07. The SMILES string of the molecule is CC(C)(C)OC(=O)CN1CCN(CC(=O)NCCOCCOCCNC(=O)CN2CCN(CC(=O)OC(C)(C)C)CCN(CC(=O)OC(C)(C)C)CCN(CC(=O)OC(C)(C)C)CC2)CCN(CC(=O)OC(C)(C)C)CCN(CC(=O)OC(C)(C)C)CC1. The first-order valence-corrected chi connectivity index (χ1v) is 31.4. The molecule has 0 aromatic carbocycles. The van der Waals surface area contributed by atoms with E-state index in [-0.39, 0.29) is 140 Å². The summed E-state index contributed by atoms with van der Waals surface area (Å²) < 4.78 is 45.5. The van der Waals surface area contributed by atoms with Crippen molar-refractivity contribution < 1.29 is 76.3 Å². The lowest BCUT2D eigenvalue weighted by atomic mass is 10.2. The van der Waals surface area contributed by atoms with Gasteiger partial charge in [-0.25, -0.2) is 0 Å². The van der Waals surface area contributed by atoms with Crippen LogP contribution in [0.4, 0.5) is 0 Å². The fourth-order valence-corrected chi connectivity index (χ4v) is 9.13. The Hall–Kier alpha value is -4.64. The van der Waals surface area contributed by atoms with Gasteiger partial charge in [0.1, 0.15) is 33.6 Å². The normalized spacial score (nSPS) is 17.9. The van der Waals surface area contributed by atoms with Gasteiger partial charge in [-0.2, -0.15) is 0 Å². The van der Waals surface area contributed by atoms with E-state index >= 15 is 0 Å². The smallest absolute Gasteiger partial charge is 0.320 e. The fraction of sp³-hybridized carbons (Fsp3) is 0.871. The lowest BCUT2D eigenvalue weighted by Crippen LogP contribution is -2.50. The summed E-state index contributed by atoms with van der Waals surface area (Å²) >= 11 is 0. The number of nitrogens with zero attached hydrogens (tertiary/aromatic N) is 8. The van der Waals surface area contributed by atoms with Crippen molar-refractivity contribution in [2.24, 2.45) is 0 Å². The van der Waals surface area contributed by atoms with E-state index in [2.05, 4.69) is 10.6 Å². The van der Waals surface area contributed by atoms with Gasteiger partial charge >= 0.3 is 35.8 Å². The van der Waals surface area contributed by atoms with Gasteiger partial charge in [0.2, 0.25) is 11.8 Å². The third kappa shape index (κ3) is 43.1. The fourth-order valence-electron chi connectivity index (χ4n) is 9.13. The summed E-state index contributed by atoms with van der Waals surface area (Å²) in [4.78, 5) is 121. The second kappa shape index (κ2) is 38.3. The van der Waals surface area contributed by atoms with Crippen molar-refractivity contribution in [1.29, 1.82) is 0 Å². The minimum atomic E-state index is -0.683. The van der Waals surface area contributed by atoms with E-state index in [1.54, 1.807) is 0 Å². The molecule has 0 aromatic rings. The molecule has 2 aliphatic heterocycles. The summed E-state index contributed by atoms with van der Waals surface area (Å²) in [6.45, 7) is 41.0. The molecule has 2 heterocycles. The molecule has 510 valence electrons. The predicted molar refractivity (Wildman–Crippen MR) is 334 cm³/mol. The van der Waals surface area contributed by atoms with Crippen molar-refractivity contribution in [2.75, 3.05) is 197 Å². The van der Waals surface area contributed by atoms with Crippen LogP contribution in [0.25, 0.3) is 0 Å². The Bertz CT molecular complexity index is 1910. The highest BCUT2D eigenvalue weighted by atomic mass is 16.6. The van der Waals surface area contributed by atoms with Gasteiger partial charge in [-0.3, -0.25) is 77.6 Å². The molecule has 26 heteroatoms. The van der Waals surface area contributed by atoms with E-state index in [0.717, 1.165) is 0 Å². The quantitative estimate of drug-likeness (QED) is 0.0750. The Labute approximate surface area is 526 Å². The first-order valence-electron chi connectivity index (χ1n) is 31.4. The van der Waals surface area contributed by atoms with Crippen molar-refractivity contribution in [2.45, 2.75) is 158 Å². The van der Waals surface area contributed by atoms with Crippen molar-refractivity contribution >= 4 is 47.6 Å². The third-order valence-corrected chi connectivity index (χ3v) is 12.7. The molecule has 2 saturated heterocycles. The summed E-state index contributed by atoms with van der Waals surface area (Å²) in [7, 11) is 0. The van der Waals surface area contributed by atoms with Gasteiger partial charge in [0.05, 0.1) is 78.8 Å². The zero-order valence-electron chi connectivity index (χ0n) is 57.3. The van der Waals surface area contributed by atoms with Crippen LogP contribution in [0.3, 0.4) is 0 Å². The summed E-state index contributed by atoms with van der Waals surface area (Å²) in [5.74, 6) is -2.75. The highest BCUT2D eigenvalue weighted by molar-refractivity contribution is 5.78. The van der Waals surface area contributed by atoms with Gasteiger partial charge in [0.15, 0.2) is 0 Å². The molecule has 0 unspecified atom stereocenters. The highest BCUT2D eigenvalue weighted by Crippen LogP contribution is 2.15. The van der Waals surface area contributed by atoms with Crippen LogP contribution in [0, 0.1) is 0 Å². The number of nitrogens with one attached hydrogen (secondary N) is 2. The molecule has 0 aliphatic carbocycles. The second-order valence-corrected chi connectivity index (χ2v) is 28.7. The van der Waals surface area contributed by atoms with Crippen LogP contribution >= 0.6 is 0 Å². The van der Waals surface area contributed by atoms with Gasteiger partial charge < -0.3 is 48.5 Å². The lowest BCUT2D eigenvalue weighted by molar-refractivity contribution is -0.158. The Morgan fingerprint density at radius 2 is 0.398 bits per heavy atom. The van der Waals surface area contributed by atoms with E-state index in [0.29, 0.717) is 105 Å². The maximum Gasteiger partial charge on any atom is 0.320 e. The molecule has 2 rings (SSSR count). The Morgan fingerprint density at radius 3 is 0.545 bits per heavy atom. The number of ether oxygens (including phenoxy) is 8. The topological polar surface area (TPSA) is 260 Å². The molecule has 2 amide bonds. The van der Waals surface area contributed by atoms with Gasteiger partial charge in [0, 0.05) is 118 Å². The monoisotopic (exact) mass is 1260 g/mol. The Kier molecular flexibility index (Phi) is 34.6. The molecule has 26 nitrogen and oxygen atoms in total. The molecule has 0 atom stereocenters. The zero-order valence-corrected chi connectivity index (χ0v) is 57.3.